The molecule has 0 atom stereocenters. The van der Waals surface area contributed by atoms with Gasteiger partial charge < -0.3 is 10.6 Å². The second-order valence-corrected chi connectivity index (χ2v) is 0.120. The minimum absolute atomic E-state index is 0. The third-order valence-corrected chi connectivity index (χ3v) is 0. The van der Waals surface area contributed by atoms with Gasteiger partial charge >= 0.3 is 0 Å². The molecule has 0 aliphatic rings. The van der Waals surface area contributed by atoms with Crippen LogP contribution in [0.4, 0.5) is 4.39 Å². The molecule has 0 saturated carbocycles. The van der Waals surface area contributed by atoms with Crippen molar-refractivity contribution >= 4 is 0 Å². The molecular weight excluding hydrogens is 63.0 g/mol. The van der Waals surface area contributed by atoms with E-state index in [4.69, 9.17) is 5.11 Å². The molecule has 0 aromatic heterocycles. The van der Waals surface area contributed by atoms with Gasteiger partial charge in [0.25, 0.3) is 0 Å². The Bertz CT molecular complexity index is 6.00. The second-order valence-electron chi connectivity index (χ2n) is 0.120. The highest BCUT2D eigenvalue weighted by molar-refractivity contribution is 3.53. The molecule has 0 bridgehead atoms. The summed E-state index contributed by atoms with van der Waals surface area (Å²) >= 11 is 0. The Hall–Kier alpha value is -0.150. The van der Waals surface area contributed by atoms with E-state index in [1.165, 1.54) is 0 Å². The largest absolute Gasteiger partial charge is 0.412 e. The predicted octanol–water partition coefficient (Wildman–Crippen LogP) is -0.919. The van der Waals surface area contributed by atoms with Crippen molar-refractivity contribution < 1.29 is 15.0 Å². The molecule has 0 unspecified atom stereocenters. The van der Waals surface area contributed by atoms with E-state index in [2.05, 4.69) is 0 Å². The van der Waals surface area contributed by atoms with Crippen molar-refractivity contribution in [3.05, 3.63) is 0 Å². The normalized spacial score (nSPS) is 4.50. The topological polar surface area (TPSA) is 51.7 Å². The number of halogens is 1. The molecule has 28 valence electrons. The first kappa shape index (κ1) is 9.14. The van der Waals surface area contributed by atoms with Gasteiger partial charge in [0, 0.05) is 0 Å². The lowest BCUT2D eigenvalue weighted by molar-refractivity contribution is 0.168. The molecule has 3 N–H and O–H groups in total. The maximum Gasteiger partial charge on any atom is 0.185 e. The average molecular weight is 68.0 g/mol. The highest BCUT2D eigenvalue weighted by Gasteiger charge is 1.38. The van der Waals surface area contributed by atoms with Crippen molar-refractivity contribution in [1.29, 1.82) is 0 Å². The third-order valence-electron chi connectivity index (χ3n) is 0. The molecule has 0 aliphatic heterocycles. The number of alkyl halides is 1. The van der Waals surface area contributed by atoms with Crippen LogP contribution in [0.3, 0.4) is 0 Å². The summed E-state index contributed by atoms with van der Waals surface area (Å²) in [6.45, 7) is -1.25. The van der Waals surface area contributed by atoms with E-state index < -0.39 is 6.86 Å². The van der Waals surface area contributed by atoms with Crippen LogP contribution in [-0.2, 0) is 0 Å². The lowest BCUT2D eigenvalue weighted by Crippen LogP contribution is -1.53. The first-order valence-corrected chi connectivity index (χ1v) is 0.583. The number of aliphatic hydroxyl groups excluding tert-OH is 1. The van der Waals surface area contributed by atoms with Crippen molar-refractivity contribution in [2.75, 3.05) is 6.86 Å². The zero-order chi connectivity index (χ0) is 2.71. The Kier molecular flexibility index (Phi) is 30.8. The van der Waals surface area contributed by atoms with Gasteiger partial charge in [0.2, 0.25) is 0 Å². The minimum Gasteiger partial charge on any atom is -0.412 e. The van der Waals surface area contributed by atoms with Gasteiger partial charge in [0.05, 0.1) is 0 Å². The summed E-state index contributed by atoms with van der Waals surface area (Å²) in [5, 5.41) is 6.90. The smallest absolute Gasteiger partial charge is 0.185 e. The summed E-state index contributed by atoms with van der Waals surface area (Å²) in [7, 11) is 0. The number of aliphatic hydroxyl groups is 1. The Morgan fingerprint density at radius 1 is 1.75 bits per heavy atom. The summed E-state index contributed by atoms with van der Waals surface area (Å²) in [6.07, 6.45) is 0. The Morgan fingerprint density at radius 2 is 1.75 bits per heavy atom. The molecule has 0 aromatic carbocycles. The zero-order valence-electron chi connectivity index (χ0n) is 2.03. The number of hydrogen-bond acceptors (Lipinski definition) is 1. The van der Waals surface area contributed by atoms with Gasteiger partial charge in [0.15, 0.2) is 6.86 Å². The van der Waals surface area contributed by atoms with Crippen LogP contribution < -0.4 is 0 Å². The highest BCUT2D eigenvalue weighted by atomic mass is 19.1. The Balaban J connectivity index is 0. The lowest BCUT2D eigenvalue weighted by atomic mass is 11.6. The van der Waals surface area contributed by atoms with E-state index in [1.807, 2.05) is 0 Å². The van der Waals surface area contributed by atoms with E-state index in [9.17, 15) is 4.39 Å². The van der Waals surface area contributed by atoms with E-state index in [0.29, 0.717) is 0 Å². The highest BCUT2D eigenvalue weighted by Crippen LogP contribution is 1.40. The van der Waals surface area contributed by atoms with Gasteiger partial charge in [-0.15, -0.1) is 0 Å². The molecule has 2 nitrogen and oxygen atoms in total. The molecular formula is CH5FO2. The molecule has 4 heavy (non-hydrogen) atoms. The van der Waals surface area contributed by atoms with Crippen LogP contribution in [0.25, 0.3) is 0 Å². The fraction of sp³-hybridized carbons (Fsp3) is 1.00. The maximum absolute atomic E-state index is 9.85. The fourth-order valence-electron chi connectivity index (χ4n) is 0. The fourth-order valence-corrected chi connectivity index (χ4v) is 0. The summed E-state index contributed by atoms with van der Waals surface area (Å²) < 4.78 is 9.85. The third kappa shape index (κ3) is 59.4. The summed E-state index contributed by atoms with van der Waals surface area (Å²) in [5.41, 5.74) is 0. The van der Waals surface area contributed by atoms with Crippen molar-refractivity contribution in [3.63, 3.8) is 0 Å². The Morgan fingerprint density at radius 3 is 1.75 bits per heavy atom. The van der Waals surface area contributed by atoms with Gasteiger partial charge in [-0.3, -0.25) is 0 Å². The van der Waals surface area contributed by atoms with Gasteiger partial charge in [-0.05, 0) is 0 Å². The average Bonchev–Trinajstić information content (AvgIpc) is 0.918. The molecule has 0 aromatic rings. The van der Waals surface area contributed by atoms with Gasteiger partial charge in [0.1, 0.15) is 0 Å². The second kappa shape index (κ2) is 13.5. The van der Waals surface area contributed by atoms with Crippen LogP contribution in [-0.4, -0.2) is 17.4 Å². The molecule has 0 radical (unpaired) electrons. The molecule has 0 spiro atoms. The summed E-state index contributed by atoms with van der Waals surface area (Å²) in [5.74, 6) is 0. The van der Waals surface area contributed by atoms with Crippen LogP contribution in [0.2, 0.25) is 0 Å². The van der Waals surface area contributed by atoms with Crippen LogP contribution in [0.5, 0.6) is 0 Å². The molecule has 0 aliphatic carbocycles. The number of hydrogen-bond donors (Lipinski definition) is 1. The zero-order valence-corrected chi connectivity index (χ0v) is 2.03. The quantitative estimate of drug-likeness (QED) is 0.392. The van der Waals surface area contributed by atoms with Crippen LogP contribution in [0, 0.1) is 0 Å². The SMILES string of the molecule is O.OCF. The van der Waals surface area contributed by atoms with Crippen molar-refractivity contribution in [2.24, 2.45) is 0 Å². The van der Waals surface area contributed by atoms with Crippen LogP contribution in [0.15, 0.2) is 0 Å². The first-order valence-electron chi connectivity index (χ1n) is 0.583. The van der Waals surface area contributed by atoms with E-state index in [1.54, 1.807) is 0 Å². The van der Waals surface area contributed by atoms with Crippen LogP contribution in [0.1, 0.15) is 0 Å². The Labute approximate surface area is 23.2 Å². The van der Waals surface area contributed by atoms with Gasteiger partial charge in [-0.25, -0.2) is 4.39 Å². The minimum atomic E-state index is -1.25. The van der Waals surface area contributed by atoms with E-state index in [0.717, 1.165) is 0 Å². The first-order chi connectivity index (χ1) is 1.41. The molecule has 0 saturated heterocycles. The van der Waals surface area contributed by atoms with Crippen molar-refractivity contribution in [2.45, 2.75) is 0 Å². The maximum atomic E-state index is 9.85. The van der Waals surface area contributed by atoms with Crippen LogP contribution >= 0.6 is 0 Å². The van der Waals surface area contributed by atoms with Crippen molar-refractivity contribution in [3.8, 4) is 0 Å². The number of rotatable bonds is 0. The predicted molar refractivity (Wildman–Crippen MR) is 11.8 cm³/mol. The van der Waals surface area contributed by atoms with Gasteiger partial charge in [-0.1, -0.05) is 0 Å². The monoisotopic (exact) mass is 68.0 g/mol. The summed E-state index contributed by atoms with van der Waals surface area (Å²) in [6, 6.07) is 0. The molecule has 0 heterocycles. The van der Waals surface area contributed by atoms with E-state index >= 15 is 0 Å². The molecule has 0 rings (SSSR count). The molecule has 0 fully saturated rings. The lowest BCUT2D eigenvalue weighted by Gasteiger charge is -1.49. The van der Waals surface area contributed by atoms with Crippen molar-refractivity contribution in [1.82, 2.24) is 0 Å². The standard InChI is InChI=1S/CH3FO.H2O/c2-1-3;/h3H,1H2;1H2. The van der Waals surface area contributed by atoms with Gasteiger partial charge in [-0.2, -0.15) is 0 Å². The summed E-state index contributed by atoms with van der Waals surface area (Å²) in [4.78, 5) is 0. The van der Waals surface area contributed by atoms with E-state index in [-0.39, 0.29) is 5.48 Å². The molecule has 0 amide bonds. The molecule has 3 heteroatoms.